The molecular weight excluding hydrogens is 194 g/mol. The lowest BCUT2D eigenvalue weighted by molar-refractivity contribution is 0.618. The number of benzene rings is 1. The predicted molar refractivity (Wildman–Crippen MR) is 61.6 cm³/mol. The number of aryl methyl sites for hydroxylation is 1. The first-order chi connectivity index (χ1) is 6.33. The first-order valence-electron chi connectivity index (χ1n) is 4.62. The van der Waals surface area contributed by atoms with E-state index < -0.39 is 0 Å². The smallest absolute Gasteiger partial charge is 0.0731 e. The fourth-order valence-corrected chi connectivity index (χ4v) is 2.08. The maximum absolute atomic E-state index is 5.86. The standard InChI is InChI=1S/C12H13N.ClH/c1-2-12(13)11-8-7-9-5-3-4-6-10(9)11;/h1,3-6,11-12H,7-8,13H2;1H. The summed E-state index contributed by atoms with van der Waals surface area (Å²) in [6.07, 6.45) is 7.56. The van der Waals surface area contributed by atoms with Gasteiger partial charge in [0, 0.05) is 5.92 Å². The van der Waals surface area contributed by atoms with Gasteiger partial charge in [0.05, 0.1) is 6.04 Å². The fraction of sp³-hybridized carbons (Fsp3) is 0.333. The highest BCUT2D eigenvalue weighted by Crippen LogP contribution is 2.34. The van der Waals surface area contributed by atoms with Gasteiger partial charge in [0.2, 0.25) is 0 Å². The second-order valence-electron chi connectivity index (χ2n) is 3.54. The number of hydrogen-bond donors (Lipinski definition) is 1. The summed E-state index contributed by atoms with van der Waals surface area (Å²) >= 11 is 0. The third-order valence-electron chi connectivity index (χ3n) is 2.81. The zero-order valence-electron chi connectivity index (χ0n) is 7.94. The molecule has 1 aliphatic rings. The van der Waals surface area contributed by atoms with E-state index in [2.05, 4.69) is 30.2 Å². The summed E-state index contributed by atoms with van der Waals surface area (Å²) in [5.41, 5.74) is 8.63. The minimum absolute atomic E-state index is 0. The van der Waals surface area contributed by atoms with Gasteiger partial charge in [0.15, 0.2) is 0 Å². The second-order valence-corrected chi connectivity index (χ2v) is 3.54. The molecule has 14 heavy (non-hydrogen) atoms. The quantitative estimate of drug-likeness (QED) is 0.702. The summed E-state index contributed by atoms with van der Waals surface area (Å²) in [7, 11) is 0. The van der Waals surface area contributed by atoms with Crippen molar-refractivity contribution in [2.24, 2.45) is 5.73 Å². The molecule has 0 spiro atoms. The van der Waals surface area contributed by atoms with Gasteiger partial charge in [-0.15, -0.1) is 18.8 Å². The molecule has 74 valence electrons. The van der Waals surface area contributed by atoms with E-state index >= 15 is 0 Å². The molecule has 1 nitrogen and oxygen atoms in total. The lowest BCUT2D eigenvalue weighted by Crippen LogP contribution is -2.24. The monoisotopic (exact) mass is 207 g/mol. The Labute approximate surface area is 91.1 Å². The van der Waals surface area contributed by atoms with Gasteiger partial charge in [-0.1, -0.05) is 30.2 Å². The molecule has 2 rings (SSSR count). The van der Waals surface area contributed by atoms with Crippen LogP contribution in [0.25, 0.3) is 0 Å². The van der Waals surface area contributed by atoms with Crippen LogP contribution in [0.1, 0.15) is 23.5 Å². The van der Waals surface area contributed by atoms with Gasteiger partial charge in [-0.25, -0.2) is 0 Å². The van der Waals surface area contributed by atoms with Gasteiger partial charge in [-0.3, -0.25) is 0 Å². The van der Waals surface area contributed by atoms with Crippen molar-refractivity contribution >= 4 is 12.4 Å². The summed E-state index contributed by atoms with van der Waals surface area (Å²) in [5.74, 6) is 3.00. The van der Waals surface area contributed by atoms with E-state index in [0.717, 1.165) is 12.8 Å². The lowest BCUT2D eigenvalue weighted by atomic mass is 9.94. The highest BCUT2D eigenvalue weighted by Gasteiger charge is 2.25. The molecule has 1 aromatic carbocycles. The number of fused-ring (bicyclic) bond motifs is 1. The molecule has 2 N–H and O–H groups in total. The molecule has 0 amide bonds. The Kier molecular flexibility index (Phi) is 3.57. The molecule has 1 aliphatic carbocycles. The number of terminal acetylenes is 1. The van der Waals surface area contributed by atoms with E-state index in [-0.39, 0.29) is 18.4 Å². The summed E-state index contributed by atoms with van der Waals surface area (Å²) in [5, 5.41) is 0. The summed E-state index contributed by atoms with van der Waals surface area (Å²) in [4.78, 5) is 0. The van der Waals surface area contributed by atoms with Gasteiger partial charge < -0.3 is 5.73 Å². The lowest BCUT2D eigenvalue weighted by Gasteiger charge is -2.14. The van der Waals surface area contributed by atoms with Crippen molar-refractivity contribution in [3.63, 3.8) is 0 Å². The van der Waals surface area contributed by atoms with Crippen LogP contribution in [0, 0.1) is 12.3 Å². The highest BCUT2D eigenvalue weighted by atomic mass is 35.5. The zero-order valence-corrected chi connectivity index (χ0v) is 8.76. The SMILES string of the molecule is C#CC(N)C1CCc2ccccc21.Cl. The molecule has 0 radical (unpaired) electrons. The van der Waals surface area contributed by atoms with Crippen LogP contribution < -0.4 is 5.73 Å². The molecule has 2 unspecified atom stereocenters. The van der Waals surface area contributed by atoms with E-state index in [4.69, 9.17) is 12.2 Å². The van der Waals surface area contributed by atoms with Crippen LogP contribution in [0.4, 0.5) is 0 Å². The topological polar surface area (TPSA) is 26.0 Å². The third-order valence-corrected chi connectivity index (χ3v) is 2.81. The summed E-state index contributed by atoms with van der Waals surface area (Å²) in [6, 6.07) is 8.31. The fourth-order valence-electron chi connectivity index (χ4n) is 2.08. The van der Waals surface area contributed by atoms with Crippen LogP contribution >= 0.6 is 12.4 Å². The normalized spacial score (nSPS) is 20.4. The summed E-state index contributed by atoms with van der Waals surface area (Å²) < 4.78 is 0. The Bertz CT molecular complexity index is 354. The first kappa shape index (κ1) is 11.1. The van der Waals surface area contributed by atoms with Gasteiger partial charge in [-0.05, 0) is 24.0 Å². The Morgan fingerprint density at radius 3 is 2.86 bits per heavy atom. The predicted octanol–water partition coefficient (Wildman–Crippen LogP) is 2.10. The Balaban J connectivity index is 0.000000980. The number of nitrogens with two attached hydrogens (primary N) is 1. The van der Waals surface area contributed by atoms with E-state index in [0.29, 0.717) is 5.92 Å². The van der Waals surface area contributed by atoms with Crippen molar-refractivity contribution in [2.75, 3.05) is 0 Å². The Morgan fingerprint density at radius 1 is 1.43 bits per heavy atom. The molecular formula is C12H14ClN. The van der Waals surface area contributed by atoms with E-state index in [1.54, 1.807) is 0 Å². The molecule has 0 heterocycles. The maximum Gasteiger partial charge on any atom is 0.0731 e. The minimum Gasteiger partial charge on any atom is -0.317 e. The largest absolute Gasteiger partial charge is 0.317 e. The molecule has 0 aromatic heterocycles. The zero-order chi connectivity index (χ0) is 9.26. The number of halogens is 1. The molecule has 0 aliphatic heterocycles. The number of rotatable bonds is 1. The average Bonchev–Trinajstić information content (AvgIpc) is 2.60. The van der Waals surface area contributed by atoms with Crippen molar-refractivity contribution in [1.29, 1.82) is 0 Å². The van der Waals surface area contributed by atoms with Crippen molar-refractivity contribution in [3.05, 3.63) is 35.4 Å². The molecule has 0 saturated heterocycles. The van der Waals surface area contributed by atoms with Gasteiger partial charge in [0.25, 0.3) is 0 Å². The molecule has 2 heteroatoms. The van der Waals surface area contributed by atoms with Crippen LogP contribution in [-0.4, -0.2) is 6.04 Å². The van der Waals surface area contributed by atoms with Crippen molar-refractivity contribution < 1.29 is 0 Å². The van der Waals surface area contributed by atoms with Crippen molar-refractivity contribution in [3.8, 4) is 12.3 Å². The van der Waals surface area contributed by atoms with Gasteiger partial charge >= 0.3 is 0 Å². The van der Waals surface area contributed by atoms with Crippen LogP contribution in [0.3, 0.4) is 0 Å². The number of hydrogen-bond acceptors (Lipinski definition) is 1. The average molecular weight is 208 g/mol. The Hall–Kier alpha value is -0.970. The second kappa shape index (κ2) is 4.50. The minimum atomic E-state index is -0.122. The van der Waals surface area contributed by atoms with Crippen LogP contribution in [0.15, 0.2) is 24.3 Å². The van der Waals surface area contributed by atoms with E-state index in [1.807, 2.05) is 0 Å². The maximum atomic E-state index is 5.86. The Morgan fingerprint density at radius 2 is 2.14 bits per heavy atom. The highest BCUT2D eigenvalue weighted by molar-refractivity contribution is 5.85. The molecule has 1 aromatic rings. The van der Waals surface area contributed by atoms with Crippen LogP contribution in [0.5, 0.6) is 0 Å². The molecule has 0 fully saturated rings. The third kappa shape index (κ3) is 1.77. The van der Waals surface area contributed by atoms with E-state index in [9.17, 15) is 0 Å². The van der Waals surface area contributed by atoms with Crippen molar-refractivity contribution in [2.45, 2.75) is 24.8 Å². The molecule has 0 saturated carbocycles. The van der Waals surface area contributed by atoms with Crippen LogP contribution in [-0.2, 0) is 6.42 Å². The van der Waals surface area contributed by atoms with E-state index in [1.165, 1.54) is 11.1 Å². The summed E-state index contributed by atoms with van der Waals surface area (Å²) in [6.45, 7) is 0. The molecule has 0 bridgehead atoms. The van der Waals surface area contributed by atoms with Gasteiger partial charge in [0.1, 0.15) is 0 Å². The van der Waals surface area contributed by atoms with Crippen LogP contribution in [0.2, 0.25) is 0 Å². The van der Waals surface area contributed by atoms with Gasteiger partial charge in [-0.2, -0.15) is 0 Å². The van der Waals surface area contributed by atoms with Crippen molar-refractivity contribution in [1.82, 2.24) is 0 Å². The first-order valence-corrected chi connectivity index (χ1v) is 4.62. The molecule has 2 atom stereocenters.